The summed E-state index contributed by atoms with van der Waals surface area (Å²) in [4.78, 5) is 0. The van der Waals surface area contributed by atoms with Crippen molar-refractivity contribution in [3.05, 3.63) is 0 Å². The Bertz CT molecular complexity index is 204. The van der Waals surface area contributed by atoms with Crippen LogP contribution in [0.25, 0.3) is 0 Å². The summed E-state index contributed by atoms with van der Waals surface area (Å²) >= 11 is 0. The molecule has 0 unspecified atom stereocenters. The molecule has 0 atom stereocenters. The SMILES string of the molecule is CCCCCCCCCCCCCCCCOCCOC(C)C. The number of hydrogen-bond donors (Lipinski definition) is 0. The lowest BCUT2D eigenvalue weighted by molar-refractivity contribution is 0.0186. The van der Waals surface area contributed by atoms with E-state index in [4.69, 9.17) is 9.47 Å². The van der Waals surface area contributed by atoms with Crippen LogP contribution < -0.4 is 0 Å². The molecule has 0 radical (unpaired) electrons. The Balaban J connectivity index is 2.95. The van der Waals surface area contributed by atoms with Crippen LogP contribution in [0.4, 0.5) is 0 Å². The zero-order valence-corrected chi connectivity index (χ0v) is 16.4. The second-order valence-electron chi connectivity index (χ2n) is 7.13. The van der Waals surface area contributed by atoms with E-state index in [2.05, 4.69) is 20.8 Å². The minimum atomic E-state index is 0.319. The predicted molar refractivity (Wildman–Crippen MR) is 102 cm³/mol. The van der Waals surface area contributed by atoms with E-state index in [1.165, 1.54) is 89.9 Å². The van der Waals surface area contributed by atoms with E-state index < -0.39 is 0 Å². The maximum absolute atomic E-state index is 5.57. The molecule has 0 aromatic carbocycles. The first-order chi connectivity index (χ1) is 11.3. The smallest absolute Gasteiger partial charge is 0.0703 e. The lowest BCUT2D eigenvalue weighted by Gasteiger charge is -2.08. The van der Waals surface area contributed by atoms with E-state index in [-0.39, 0.29) is 0 Å². The van der Waals surface area contributed by atoms with Gasteiger partial charge >= 0.3 is 0 Å². The van der Waals surface area contributed by atoms with Crippen molar-refractivity contribution in [3.63, 3.8) is 0 Å². The van der Waals surface area contributed by atoms with Crippen molar-refractivity contribution in [1.82, 2.24) is 0 Å². The molecule has 2 nitrogen and oxygen atoms in total. The van der Waals surface area contributed by atoms with E-state index in [9.17, 15) is 0 Å². The van der Waals surface area contributed by atoms with E-state index in [0.717, 1.165) is 19.8 Å². The third-order valence-corrected chi connectivity index (χ3v) is 4.32. The standard InChI is InChI=1S/C21H44O2/c1-4-5-6-7-8-9-10-11-12-13-14-15-16-17-18-22-19-20-23-21(2)3/h21H,4-20H2,1-3H3. The molecule has 0 saturated carbocycles. The molecule has 0 spiro atoms. The highest BCUT2D eigenvalue weighted by atomic mass is 16.5. The molecule has 0 aromatic heterocycles. The van der Waals surface area contributed by atoms with E-state index in [1.54, 1.807) is 0 Å². The van der Waals surface area contributed by atoms with Crippen LogP contribution in [-0.4, -0.2) is 25.9 Å². The van der Waals surface area contributed by atoms with Crippen molar-refractivity contribution in [2.45, 2.75) is 117 Å². The van der Waals surface area contributed by atoms with Crippen LogP contribution in [0.2, 0.25) is 0 Å². The van der Waals surface area contributed by atoms with Crippen LogP contribution in [0, 0.1) is 0 Å². The number of hydrogen-bond acceptors (Lipinski definition) is 2. The molecular formula is C21H44O2. The van der Waals surface area contributed by atoms with Gasteiger partial charge in [-0.05, 0) is 20.3 Å². The normalized spacial score (nSPS) is 11.5. The predicted octanol–water partition coefficient (Wildman–Crippen LogP) is 6.91. The average molecular weight is 329 g/mol. The van der Waals surface area contributed by atoms with Gasteiger partial charge in [0.2, 0.25) is 0 Å². The zero-order valence-electron chi connectivity index (χ0n) is 16.4. The van der Waals surface area contributed by atoms with Crippen LogP contribution >= 0.6 is 0 Å². The quantitative estimate of drug-likeness (QED) is 0.240. The maximum atomic E-state index is 5.57. The molecular weight excluding hydrogens is 284 g/mol. The average Bonchev–Trinajstić information content (AvgIpc) is 2.53. The minimum Gasteiger partial charge on any atom is -0.379 e. The van der Waals surface area contributed by atoms with E-state index in [0.29, 0.717) is 6.10 Å². The van der Waals surface area contributed by atoms with Gasteiger partial charge in [-0.3, -0.25) is 0 Å². The molecule has 0 amide bonds. The van der Waals surface area contributed by atoms with Crippen LogP contribution in [0.15, 0.2) is 0 Å². The summed E-state index contributed by atoms with van der Waals surface area (Å²) in [5.41, 5.74) is 0. The van der Waals surface area contributed by atoms with Crippen molar-refractivity contribution in [3.8, 4) is 0 Å². The third kappa shape index (κ3) is 21.9. The summed E-state index contributed by atoms with van der Waals surface area (Å²) in [6.07, 6.45) is 20.0. The van der Waals surface area contributed by atoms with Gasteiger partial charge in [0.15, 0.2) is 0 Å². The fourth-order valence-electron chi connectivity index (χ4n) is 2.84. The Morgan fingerprint density at radius 2 is 0.957 bits per heavy atom. The van der Waals surface area contributed by atoms with Gasteiger partial charge in [-0.25, -0.2) is 0 Å². The molecule has 0 aliphatic carbocycles. The first-order valence-electron chi connectivity index (χ1n) is 10.5. The van der Waals surface area contributed by atoms with Crippen LogP contribution in [0.5, 0.6) is 0 Å². The first-order valence-corrected chi connectivity index (χ1v) is 10.5. The molecule has 23 heavy (non-hydrogen) atoms. The van der Waals surface area contributed by atoms with Gasteiger partial charge < -0.3 is 9.47 Å². The lowest BCUT2D eigenvalue weighted by atomic mass is 10.0. The summed E-state index contributed by atoms with van der Waals surface area (Å²) in [7, 11) is 0. The Hall–Kier alpha value is -0.0800. The van der Waals surface area contributed by atoms with Gasteiger partial charge in [-0.2, -0.15) is 0 Å². The molecule has 0 aliphatic heterocycles. The maximum Gasteiger partial charge on any atom is 0.0703 e. The van der Waals surface area contributed by atoms with Crippen molar-refractivity contribution in [1.29, 1.82) is 0 Å². The molecule has 0 aliphatic rings. The van der Waals surface area contributed by atoms with Crippen molar-refractivity contribution >= 4 is 0 Å². The molecule has 0 N–H and O–H groups in total. The molecule has 0 fully saturated rings. The van der Waals surface area contributed by atoms with Gasteiger partial charge in [0.05, 0.1) is 19.3 Å². The minimum absolute atomic E-state index is 0.319. The molecule has 140 valence electrons. The summed E-state index contributed by atoms with van der Waals surface area (Å²) in [6.45, 7) is 8.80. The molecule has 0 saturated heterocycles. The fraction of sp³-hybridized carbons (Fsp3) is 1.00. The molecule has 0 aromatic rings. The number of unbranched alkanes of at least 4 members (excludes halogenated alkanes) is 13. The zero-order chi connectivity index (χ0) is 17.0. The van der Waals surface area contributed by atoms with Crippen LogP contribution in [0.3, 0.4) is 0 Å². The highest BCUT2D eigenvalue weighted by Crippen LogP contribution is 2.12. The fourth-order valence-corrected chi connectivity index (χ4v) is 2.84. The summed E-state index contributed by atoms with van der Waals surface area (Å²) < 4.78 is 11.0. The van der Waals surface area contributed by atoms with E-state index in [1.807, 2.05) is 0 Å². The first kappa shape index (κ1) is 22.9. The van der Waals surface area contributed by atoms with Crippen molar-refractivity contribution in [2.75, 3.05) is 19.8 Å². The van der Waals surface area contributed by atoms with Gasteiger partial charge in [-0.1, -0.05) is 90.4 Å². The number of ether oxygens (including phenoxy) is 2. The van der Waals surface area contributed by atoms with Gasteiger partial charge in [0.25, 0.3) is 0 Å². The third-order valence-electron chi connectivity index (χ3n) is 4.32. The lowest BCUT2D eigenvalue weighted by Crippen LogP contribution is -2.10. The molecule has 2 heteroatoms. The van der Waals surface area contributed by atoms with Gasteiger partial charge in [0.1, 0.15) is 0 Å². The Morgan fingerprint density at radius 3 is 1.39 bits per heavy atom. The largest absolute Gasteiger partial charge is 0.379 e. The van der Waals surface area contributed by atoms with Crippen LogP contribution in [0.1, 0.15) is 111 Å². The summed E-state index contributed by atoms with van der Waals surface area (Å²) in [5.74, 6) is 0. The van der Waals surface area contributed by atoms with Gasteiger partial charge in [0, 0.05) is 6.61 Å². The molecule has 0 heterocycles. The highest BCUT2D eigenvalue weighted by Gasteiger charge is 1.95. The van der Waals surface area contributed by atoms with Crippen molar-refractivity contribution in [2.24, 2.45) is 0 Å². The van der Waals surface area contributed by atoms with Crippen LogP contribution in [-0.2, 0) is 9.47 Å². The monoisotopic (exact) mass is 328 g/mol. The summed E-state index contributed by atoms with van der Waals surface area (Å²) in [5, 5.41) is 0. The number of rotatable bonds is 19. The van der Waals surface area contributed by atoms with Crippen molar-refractivity contribution < 1.29 is 9.47 Å². The Morgan fingerprint density at radius 1 is 0.522 bits per heavy atom. The van der Waals surface area contributed by atoms with Gasteiger partial charge in [-0.15, -0.1) is 0 Å². The highest BCUT2D eigenvalue weighted by molar-refractivity contribution is 4.49. The molecule has 0 bridgehead atoms. The Kier molecular flexibility index (Phi) is 19.9. The summed E-state index contributed by atoms with van der Waals surface area (Å²) in [6, 6.07) is 0. The second kappa shape index (κ2) is 20.0. The topological polar surface area (TPSA) is 18.5 Å². The van der Waals surface area contributed by atoms with E-state index >= 15 is 0 Å². The molecule has 0 rings (SSSR count). The Labute approximate surface area is 146 Å². The second-order valence-corrected chi connectivity index (χ2v) is 7.13.